The molecular formula is C11H14N4O3S. The van der Waals surface area contributed by atoms with E-state index in [1.807, 2.05) is 0 Å². The van der Waals surface area contributed by atoms with Gasteiger partial charge in [0.05, 0.1) is 6.54 Å². The highest BCUT2D eigenvalue weighted by atomic mass is 32.2. The molecule has 0 aliphatic carbocycles. The van der Waals surface area contributed by atoms with Crippen molar-refractivity contribution >= 4 is 15.8 Å². The molecule has 0 saturated carbocycles. The third-order valence-electron chi connectivity index (χ3n) is 2.46. The average Bonchev–Trinajstić information content (AvgIpc) is 2.90. The molecule has 0 bridgehead atoms. The Morgan fingerprint density at radius 1 is 1.32 bits per heavy atom. The maximum Gasteiger partial charge on any atom is 0.244 e. The SMILES string of the molecule is CN(C)S(=O)(=O)c1ccc(NCc2ccon2)nc1. The summed E-state index contributed by atoms with van der Waals surface area (Å²) < 4.78 is 29.5. The van der Waals surface area contributed by atoms with E-state index in [9.17, 15) is 8.42 Å². The third-order valence-corrected chi connectivity index (χ3v) is 4.26. The molecule has 0 spiro atoms. The van der Waals surface area contributed by atoms with Crippen LogP contribution in [0.4, 0.5) is 5.82 Å². The van der Waals surface area contributed by atoms with Crippen LogP contribution in [0.25, 0.3) is 0 Å². The Morgan fingerprint density at radius 3 is 2.63 bits per heavy atom. The Bertz CT molecular complexity index is 620. The van der Waals surface area contributed by atoms with Crippen molar-refractivity contribution in [2.45, 2.75) is 11.4 Å². The minimum absolute atomic E-state index is 0.157. The van der Waals surface area contributed by atoms with Crippen molar-refractivity contribution in [1.29, 1.82) is 0 Å². The number of rotatable bonds is 5. The summed E-state index contributed by atoms with van der Waals surface area (Å²) in [5.74, 6) is 0.570. The zero-order chi connectivity index (χ0) is 13.9. The number of aromatic nitrogens is 2. The largest absolute Gasteiger partial charge is 0.364 e. The van der Waals surface area contributed by atoms with Gasteiger partial charge in [0.25, 0.3) is 0 Å². The summed E-state index contributed by atoms with van der Waals surface area (Å²) in [4.78, 5) is 4.21. The van der Waals surface area contributed by atoms with E-state index in [0.717, 1.165) is 10.00 Å². The van der Waals surface area contributed by atoms with E-state index in [2.05, 4.69) is 15.5 Å². The van der Waals surface area contributed by atoms with E-state index >= 15 is 0 Å². The quantitative estimate of drug-likeness (QED) is 0.877. The van der Waals surface area contributed by atoms with Crippen LogP contribution in [0.1, 0.15) is 5.69 Å². The van der Waals surface area contributed by atoms with Gasteiger partial charge in [0, 0.05) is 26.4 Å². The normalized spacial score (nSPS) is 11.7. The Morgan fingerprint density at radius 2 is 2.11 bits per heavy atom. The second-order valence-electron chi connectivity index (χ2n) is 4.01. The van der Waals surface area contributed by atoms with Gasteiger partial charge in [-0.3, -0.25) is 0 Å². The monoisotopic (exact) mass is 282 g/mol. The fourth-order valence-corrected chi connectivity index (χ4v) is 2.21. The number of nitrogens with one attached hydrogen (secondary N) is 1. The number of hydrogen-bond acceptors (Lipinski definition) is 6. The van der Waals surface area contributed by atoms with Crippen LogP contribution in [-0.2, 0) is 16.6 Å². The molecule has 102 valence electrons. The van der Waals surface area contributed by atoms with E-state index in [4.69, 9.17) is 4.52 Å². The van der Waals surface area contributed by atoms with Crippen LogP contribution in [0.15, 0.2) is 40.1 Å². The Kier molecular flexibility index (Phi) is 3.82. The highest BCUT2D eigenvalue weighted by molar-refractivity contribution is 7.89. The van der Waals surface area contributed by atoms with Crippen molar-refractivity contribution in [3.63, 3.8) is 0 Å². The summed E-state index contributed by atoms with van der Waals surface area (Å²) in [5.41, 5.74) is 0.742. The van der Waals surface area contributed by atoms with E-state index in [1.54, 1.807) is 12.1 Å². The number of anilines is 1. The first-order chi connectivity index (χ1) is 9.00. The summed E-state index contributed by atoms with van der Waals surface area (Å²) in [7, 11) is -0.480. The van der Waals surface area contributed by atoms with E-state index in [-0.39, 0.29) is 4.90 Å². The van der Waals surface area contributed by atoms with Crippen LogP contribution >= 0.6 is 0 Å². The number of nitrogens with zero attached hydrogens (tertiary/aromatic N) is 3. The molecule has 0 saturated heterocycles. The summed E-state index contributed by atoms with van der Waals surface area (Å²) in [5, 5.41) is 6.76. The van der Waals surface area contributed by atoms with Crippen molar-refractivity contribution < 1.29 is 12.9 Å². The molecule has 8 heteroatoms. The van der Waals surface area contributed by atoms with Crippen LogP contribution in [-0.4, -0.2) is 37.0 Å². The highest BCUT2D eigenvalue weighted by Gasteiger charge is 2.17. The van der Waals surface area contributed by atoms with Gasteiger partial charge in [0.2, 0.25) is 10.0 Å². The molecule has 1 N–H and O–H groups in total. The summed E-state index contributed by atoms with van der Waals surface area (Å²) in [6, 6.07) is 4.85. The first-order valence-corrected chi connectivity index (χ1v) is 6.96. The molecule has 2 aromatic heterocycles. The number of sulfonamides is 1. The minimum atomic E-state index is -3.44. The first kappa shape index (κ1) is 13.5. The van der Waals surface area contributed by atoms with E-state index in [0.29, 0.717) is 12.4 Å². The lowest BCUT2D eigenvalue weighted by Gasteiger charge is -2.11. The van der Waals surface area contributed by atoms with Gasteiger partial charge in [0.15, 0.2) is 0 Å². The van der Waals surface area contributed by atoms with Gasteiger partial charge < -0.3 is 9.84 Å². The molecule has 0 radical (unpaired) electrons. The van der Waals surface area contributed by atoms with Crippen LogP contribution in [0, 0.1) is 0 Å². The maximum atomic E-state index is 11.8. The zero-order valence-electron chi connectivity index (χ0n) is 10.6. The summed E-state index contributed by atoms with van der Waals surface area (Å²) in [6.45, 7) is 0.462. The second kappa shape index (κ2) is 5.37. The molecule has 19 heavy (non-hydrogen) atoms. The molecule has 0 aromatic carbocycles. The molecule has 0 unspecified atom stereocenters. The highest BCUT2D eigenvalue weighted by Crippen LogP contribution is 2.14. The molecule has 0 aliphatic rings. The lowest BCUT2D eigenvalue weighted by atomic mass is 10.4. The molecule has 2 aromatic rings. The second-order valence-corrected chi connectivity index (χ2v) is 6.16. The zero-order valence-corrected chi connectivity index (χ0v) is 11.4. The van der Waals surface area contributed by atoms with Gasteiger partial charge in [-0.2, -0.15) is 0 Å². The summed E-state index contributed by atoms with van der Waals surface area (Å²) in [6.07, 6.45) is 2.80. The minimum Gasteiger partial charge on any atom is -0.364 e. The van der Waals surface area contributed by atoms with Crippen molar-refractivity contribution in [2.75, 3.05) is 19.4 Å². The van der Waals surface area contributed by atoms with E-state index < -0.39 is 10.0 Å². The first-order valence-electron chi connectivity index (χ1n) is 5.52. The molecule has 2 rings (SSSR count). The van der Waals surface area contributed by atoms with Gasteiger partial charge in [-0.25, -0.2) is 17.7 Å². The topological polar surface area (TPSA) is 88.3 Å². The van der Waals surface area contributed by atoms with Crippen LogP contribution in [0.5, 0.6) is 0 Å². The molecule has 0 fully saturated rings. The van der Waals surface area contributed by atoms with Crippen LogP contribution in [0.3, 0.4) is 0 Å². The van der Waals surface area contributed by atoms with Crippen molar-refractivity contribution in [1.82, 2.24) is 14.4 Å². The van der Waals surface area contributed by atoms with Gasteiger partial charge in [-0.15, -0.1) is 0 Å². The third kappa shape index (κ3) is 3.09. The molecule has 2 heterocycles. The molecule has 0 amide bonds. The fourth-order valence-electron chi connectivity index (χ4n) is 1.36. The van der Waals surface area contributed by atoms with Gasteiger partial charge in [0.1, 0.15) is 22.7 Å². The van der Waals surface area contributed by atoms with Crippen LogP contribution in [0.2, 0.25) is 0 Å². The van der Waals surface area contributed by atoms with Crippen molar-refractivity contribution in [3.05, 3.63) is 36.4 Å². The predicted molar refractivity (Wildman–Crippen MR) is 68.9 cm³/mol. The molecule has 0 aliphatic heterocycles. The molecule has 7 nitrogen and oxygen atoms in total. The fraction of sp³-hybridized carbons (Fsp3) is 0.273. The predicted octanol–water partition coefficient (Wildman–Crippen LogP) is 0.932. The van der Waals surface area contributed by atoms with Gasteiger partial charge in [-0.1, -0.05) is 5.16 Å². The smallest absolute Gasteiger partial charge is 0.244 e. The summed E-state index contributed by atoms with van der Waals surface area (Å²) >= 11 is 0. The molecular weight excluding hydrogens is 268 g/mol. The van der Waals surface area contributed by atoms with Gasteiger partial charge >= 0.3 is 0 Å². The van der Waals surface area contributed by atoms with Crippen molar-refractivity contribution in [3.8, 4) is 0 Å². The van der Waals surface area contributed by atoms with Gasteiger partial charge in [-0.05, 0) is 12.1 Å². The Labute approximate surface area is 111 Å². The van der Waals surface area contributed by atoms with E-state index in [1.165, 1.54) is 32.6 Å². The van der Waals surface area contributed by atoms with Crippen molar-refractivity contribution in [2.24, 2.45) is 0 Å². The lowest BCUT2D eigenvalue weighted by molar-refractivity contribution is 0.412. The Hall–Kier alpha value is -1.93. The number of hydrogen-bond donors (Lipinski definition) is 1. The van der Waals surface area contributed by atoms with Crippen LogP contribution < -0.4 is 5.32 Å². The Balaban J connectivity index is 2.07. The standard InChI is InChI=1S/C11H14N4O3S/c1-15(2)19(16,17)10-3-4-11(13-8-10)12-7-9-5-6-18-14-9/h3-6,8H,7H2,1-2H3,(H,12,13). The number of pyridine rings is 1. The average molecular weight is 282 g/mol. The lowest BCUT2D eigenvalue weighted by Crippen LogP contribution is -2.22. The maximum absolute atomic E-state index is 11.8. The molecule has 0 atom stereocenters.